The molecule has 1 aliphatic carbocycles. The average Bonchev–Trinajstić information content (AvgIpc) is 3.73. The second kappa shape index (κ2) is 14.2. The highest BCUT2D eigenvalue weighted by atomic mass is 16.5. The molecule has 6 fully saturated rings. The van der Waals surface area contributed by atoms with Crippen molar-refractivity contribution in [2.75, 3.05) is 21.3 Å². The van der Waals surface area contributed by atoms with Crippen LogP contribution in [-0.4, -0.2) is 92.4 Å². The van der Waals surface area contributed by atoms with Crippen molar-refractivity contribution in [3.05, 3.63) is 12.7 Å². The van der Waals surface area contributed by atoms with E-state index >= 15 is 0 Å². The standard InChI is InChI=1S/C38H62N4O7/c1-9-23-20(3)28-17-31-26-12-10-25(35(44)48-7)34(36(45)49-8)37(26,5)38(46,42-31)18-32-21(4)24(11-13-33(43)47-6)29(41-32)15-22-14-19(2)27(39-22)16-30(23)40-28/h9,19-32,34,39-42,46H,1,10-18H2,2-8H3/t19?,20?,21?,22?,23?,24?,25?,26?,27?,28?,29?,30?,31?,32?,34-,37-,38?/m1/s1. The summed E-state index contributed by atoms with van der Waals surface area (Å²) in [5.74, 6) is -1.22. The van der Waals surface area contributed by atoms with E-state index in [1.54, 1.807) is 0 Å². The van der Waals surface area contributed by atoms with Crippen LogP contribution in [0.2, 0.25) is 0 Å². The predicted molar refractivity (Wildman–Crippen MR) is 185 cm³/mol. The van der Waals surface area contributed by atoms with Crippen molar-refractivity contribution in [1.82, 2.24) is 21.3 Å². The Morgan fingerprint density at radius 2 is 1.51 bits per heavy atom. The van der Waals surface area contributed by atoms with Crippen LogP contribution in [0.15, 0.2) is 12.7 Å². The molecule has 5 heterocycles. The summed E-state index contributed by atoms with van der Waals surface area (Å²) in [7, 11) is 4.16. The van der Waals surface area contributed by atoms with Gasteiger partial charge in [-0.05, 0) is 80.5 Å². The fraction of sp³-hybridized carbons (Fsp3) is 0.868. The van der Waals surface area contributed by atoms with Gasteiger partial charge < -0.3 is 35.3 Å². The topological polar surface area (TPSA) is 147 Å². The number of carbonyl (C=O) groups is 3. The van der Waals surface area contributed by atoms with Crippen LogP contribution >= 0.6 is 0 Å². The zero-order valence-corrected chi connectivity index (χ0v) is 30.7. The van der Waals surface area contributed by atoms with Crippen LogP contribution in [-0.2, 0) is 28.6 Å². The highest BCUT2D eigenvalue weighted by Gasteiger charge is 2.70. The van der Waals surface area contributed by atoms with Crippen molar-refractivity contribution in [3.63, 3.8) is 0 Å². The van der Waals surface area contributed by atoms with E-state index in [0.29, 0.717) is 61.9 Å². The summed E-state index contributed by atoms with van der Waals surface area (Å²) in [6.07, 6.45) is 8.54. The van der Waals surface area contributed by atoms with Crippen molar-refractivity contribution in [1.29, 1.82) is 0 Å². The molecule has 6 rings (SSSR count). The molecule has 49 heavy (non-hydrogen) atoms. The van der Waals surface area contributed by atoms with Gasteiger partial charge in [-0.3, -0.25) is 19.7 Å². The molecule has 8 bridgehead atoms. The predicted octanol–water partition coefficient (Wildman–Crippen LogP) is 2.91. The molecule has 0 amide bonds. The maximum Gasteiger partial charge on any atom is 0.310 e. The lowest BCUT2D eigenvalue weighted by molar-refractivity contribution is -0.191. The van der Waals surface area contributed by atoms with Crippen molar-refractivity contribution in [3.8, 4) is 0 Å². The first-order valence-electron chi connectivity index (χ1n) is 18.9. The summed E-state index contributed by atoms with van der Waals surface area (Å²) in [5.41, 5.74) is -2.49. The van der Waals surface area contributed by atoms with Crippen LogP contribution in [0.25, 0.3) is 0 Å². The maximum atomic E-state index is 13.8. The quantitative estimate of drug-likeness (QED) is 0.160. The molecule has 5 saturated heterocycles. The number of hydrogen-bond acceptors (Lipinski definition) is 11. The van der Waals surface area contributed by atoms with Crippen LogP contribution in [0.4, 0.5) is 0 Å². The van der Waals surface area contributed by atoms with Crippen LogP contribution in [0.5, 0.6) is 0 Å². The number of nitrogens with one attached hydrogen (secondary N) is 4. The highest BCUT2D eigenvalue weighted by Crippen LogP contribution is 2.61. The van der Waals surface area contributed by atoms with Gasteiger partial charge in [0.05, 0.1) is 33.2 Å². The van der Waals surface area contributed by atoms with Crippen molar-refractivity contribution >= 4 is 17.9 Å². The zero-order valence-electron chi connectivity index (χ0n) is 30.7. The van der Waals surface area contributed by atoms with Gasteiger partial charge in [0.25, 0.3) is 0 Å². The number of rotatable bonds is 6. The van der Waals surface area contributed by atoms with Gasteiger partial charge in [0.1, 0.15) is 5.72 Å². The lowest BCUT2D eigenvalue weighted by atomic mass is 9.52. The smallest absolute Gasteiger partial charge is 0.310 e. The molecule has 0 spiro atoms. The molecular weight excluding hydrogens is 624 g/mol. The molecule has 5 aliphatic heterocycles. The molecule has 11 nitrogen and oxygen atoms in total. The monoisotopic (exact) mass is 686 g/mol. The molecule has 276 valence electrons. The van der Waals surface area contributed by atoms with E-state index in [9.17, 15) is 19.5 Å². The molecule has 0 radical (unpaired) electrons. The summed E-state index contributed by atoms with van der Waals surface area (Å²) < 4.78 is 15.7. The Morgan fingerprint density at radius 1 is 0.816 bits per heavy atom. The Labute approximate surface area is 292 Å². The lowest BCUT2D eigenvalue weighted by Crippen LogP contribution is -2.63. The van der Waals surface area contributed by atoms with E-state index in [4.69, 9.17) is 14.2 Å². The van der Waals surface area contributed by atoms with Crippen LogP contribution < -0.4 is 21.3 Å². The Kier molecular flexibility index (Phi) is 10.6. The maximum absolute atomic E-state index is 13.8. The Bertz CT molecular complexity index is 1270. The number of fused-ring (bicyclic) bond motifs is 11. The molecule has 0 aromatic heterocycles. The fourth-order valence-electron chi connectivity index (χ4n) is 12.1. The number of hydrogen-bond donors (Lipinski definition) is 5. The largest absolute Gasteiger partial charge is 0.469 e. The van der Waals surface area contributed by atoms with E-state index in [2.05, 4.69) is 54.7 Å². The van der Waals surface area contributed by atoms with Crippen LogP contribution in [0.3, 0.4) is 0 Å². The minimum Gasteiger partial charge on any atom is -0.469 e. The number of ether oxygens (including phenoxy) is 3. The van der Waals surface area contributed by atoms with E-state index in [-0.39, 0.29) is 53.9 Å². The fourth-order valence-corrected chi connectivity index (χ4v) is 12.1. The van der Waals surface area contributed by atoms with Gasteiger partial charge in [0, 0.05) is 60.5 Å². The molecule has 6 aliphatic rings. The van der Waals surface area contributed by atoms with Crippen molar-refractivity contribution < 1.29 is 33.7 Å². The molecule has 1 saturated carbocycles. The first-order valence-corrected chi connectivity index (χ1v) is 18.9. The minimum absolute atomic E-state index is 0.0752. The lowest BCUT2D eigenvalue weighted by Gasteiger charge is -2.52. The Hall–Kier alpha value is -2.05. The third kappa shape index (κ3) is 6.27. The first kappa shape index (κ1) is 36.7. The van der Waals surface area contributed by atoms with Gasteiger partial charge in [0.15, 0.2) is 0 Å². The van der Waals surface area contributed by atoms with Gasteiger partial charge in [-0.25, -0.2) is 0 Å². The third-order valence-electron chi connectivity index (χ3n) is 14.8. The summed E-state index contributed by atoms with van der Waals surface area (Å²) in [6, 6.07) is 1.20. The molecule has 0 aromatic carbocycles. The number of aliphatic hydroxyl groups is 1. The first-order chi connectivity index (χ1) is 23.3. The van der Waals surface area contributed by atoms with Crippen molar-refractivity contribution in [2.24, 2.45) is 52.8 Å². The highest BCUT2D eigenvalue weighted by molar-refractivity contribution is 5.83. The van der Waals surface area contributed by atoms with Gasteiger partial charge in [-0.2, -0.15) is 0 Å². The molecule has 5 N–H and O–H groups in total. The summed E-state index contributed by atoms with van der Waals surface area (Å²) in [4.78, 5) is 39.4. The van der Waals surface area contributed by atoms with Gasteiger partial charge in [-0.1, -0.05) is 33.8 Å². The second-order valence-electron chi connectivity index (χ2n) is 16.9. The molecule has 17 atom stereocenters. The minimum atomic E-state index is -1.48. The summed E-state index contributed by atoms with van der Waals surface area (Å²) in [6.45, 7) is 13.2. The Balaban J connectivity index is 1.42. The number of carbonyl (C=O) groups excluding carboxylic acids is 3. The van der Waals surface area contributed by atoms with Crippen LogP contribution in [0.1, 0.15) is 85.5 Å². The second-order valence-corrected chi connectivity index (χ2v) is 16.9. The molecule has 0 aromatic rings. The van der Waals surface area contributed by atoms with E-state index in [1.165, 1.54) is 21.3 Å². The molecule has 15 unspecified atom stereocenters. The third-order valence-corrected chi connectivity index (χ3v) is 14.8. The van der Waals surface area contributed by atoms with Gasteiger partial charge in [0.2, 0.25) is 0 Å². The SMILES string of the molecule is C=CC1C2CC3NC(CC3C)CC3NC(CC4(O)NC(CC(N2)C1C)C1CCC(C(=O)OC)[C@H](C(=O)OC)[C@@]14C)C(C)C3CCC(=O)OC. The Morgan fingerprint density at radius 3 is 2.18 bits per heavy atom. The van der Waals surface area contributed by atoms with E-state index in [1.807, 2.05) is 6.92 Å². The van der Waals surface area contributed by atoms with E-state index < -0.39 is 34.9 Å². The van der Waals surface area contributed by atoms with Gasteiger partial charge in [-0.15, -0.1) is 6.58 Å². The number of esters is 3. The average molecular weight is 687 g/mol. The van der Waals surface area contributed by atoms with Crippen molar-refractivity contribution in [2.45, 2.75) is 134 Å². The van der Waals surface area contributed by atoms with Crippen LogP contribution in [0, 0.1) is 52.8 Å². The van der Waals surface area contributed by atoms with Gasteiger partial charge >= 0.3 is 17.9 Å². The summed E-state index contributed by atoms with van der Waals surface area (Å²) >= 11 is 0. The molecule has 11 heteroatoms. The van der Waals surface area contributed by atoms with E-state index in [0.717, 1.165) is 25.7 Å². The number of methoxy groups -OCH3 is 3. The normalized spacial score (nSPS) is 49.2. The summed E-state index contributed by atoms with van der Waals surface area (Å²) in [5, 5.41) is 29.0. The molecular formula is C38H62N4O7. The zero-order chi connectivity index (χ0) is 35.4.